The van der Waals surface area contributed by atoms with Crippen molar-refractivity contribution in [3.8, 4) is 18.2 Å². The van der Waals surface area contributed by atoms with Gasteiger partial charge in [0.25, 0.3) is 0 Å². The van der Waals surface area contributed by atoms with Crippen molar-refractivity contribution >= 4 is 0 Å². The number of nitrogens with zero attached hydrogens (tertiary/aromatic N) is 1. The maximum atomic E-state index is 5.17. The Labute approximate surface area is 66.2 Å². The van der Waals surface area contributed by atoms with Crippen molar-refractivity contribution < 1.29 is 4.74 Å². The molecule has 0 spiro atoms. The Bertz CT molecular complexity index is 299. The molecule has 0 saturated carbocycles. The van der Waals surface area contributed by atoms with E-state index in [1.807, 2.05) is 19.1 Å². The van der Waals surface area contributed by atoms with E-state index >= 15 is 0 Å². The third kappa shape index (κ3) is 1.71. The van der Waals surface area contributed by atoms with Crippen molar-refractivity contribution in [1.29, 1.82) is 0 Å². The second-order valence-electron chi connectivity index (χ2n) is 2.22. The fourth-order valence-corrected chi connectivity index (χ4v) is 0.814. The van der Waals surface area contributed by atoms with Crippen LogP contribution in [0.2, 0.25) is 0 Å². The first kappa shape index (κ1) is 7.62. The minimum Gasteiger partial charge on any atom is -0.481 e. The summed E-state index contributed by atoms with van der Waals surface area (Å²) in [4.78, 5) is 4.01. The van der Waals surface area contributed by atoms with Crippen LogP contribution in [0.5, 0.6) is 5.88 Å². The maximum absolute atomic E-state index is 5.17. The van der Waals surface area contributed by atoms with Crippen molar-refractivity contribution in [2.75, 3.05) is 7.11 Å². The first-order chi connectivity index (χ1) is 5.26. The molecule has 0 amide bonds. The standard InChI is InChI=1S/C9H9NO/c1-4-8-5-7(2)6-9(10-8)11-3/h1,5-6H,2-3H3. The predicted octanol–water partition coefficient (Wildman–Crippen LogP) is 1.38. The van der Waals surface area contributed by atoms with E-state index in [2.05, 4.69) is 10.9 Å². The number of pyridine rings is 1. The summed E-state index contributed by atoms with van der Waals surface area (Å²) in [6.07, 6.45) is 5.17. The number of hydrogen-bond donors (Lipinski definition) is 0. The molecule has 1 rings (SSSR count). The van der Waals surface area contributed by atoms with Crippen LogP contribution in [-0.2, 0) is 0 Å². The predicted molar refractivity (Wildman–Crippen MR) is 43.5 cm³/mol. The molecule has 1 aromatic heterocycles. The van der Waals surface area contributed by atoms with E-state index in [0.717, 1.165) is 5.56 Å². The molecule has 0 N–H and O–H groups in total. The summed E-state index contributed by atoms with van der Waals surface area (Å²) in [6, 6.07) is 3.67. The highest BCUT2D eigenvalue weighted by Crippen LogP contribution is 2.09. The highest BCUT2D eigenvalue weighted by atomic mass is 16.5. The zero-order valence-electron chi connectivity index (χ0n) is 6.59. The van der Waals surface area contributed by atoms with Gasteiger partial charge in [-0.2, -0.15) is 0 Å². The lowest BCUT2D eigenvalue weighted by Gasteiger charge is -1.99. The number of terminal acetylenes is 1. The Kier molecular flexibility index (Phi) is 2.12. The van der Waals surface area contributed by atoms with Gasteiger partial charge in [-0.15, -0.1) is 6.42 Å². The van der Waals surface area contributed by atoms with E-state index in [-0.39, 0.29) is 0 Å². The van der Waals surface area contributed by atoms with Gasteiger partial charge >= 0.3 is 0 Å². The quantitative estimate of drug-likeness (QED) is 0.560. The summed E-state index contributed by atoms with van der Waals surface area (Å²) in [5, 5.41) is 0. The van der Waals surface area contributed by atoms with Crippen molar-refractivity contribution in [3.05, 3.63) is 23.4 Å². The van der Waals surface area contributed by atoms with Gasteiger partial charge in [0.05, 0.1) is 7.11 Å². The van der Waals surface area contributed by atoms with Gasteiger partial charge in [0.1, 0.15) is 5.69 Å². The van der Waals surface area contributed by atoms with Crippen LogP contribution >= 0.6 is 0 Å². The molecular weight excluding hydrogens is 138 g/mol. The van der Waals surface area contributed by atoms with E-state index in [9.17, 15) is 0 Å². The van der Waals surface area contributed by atoms with Crippen molar-refractivity contribution in [1.82, 2.24) is 4.98 Å². The molecular formula is C9H9NO. The second kappa shape index (κ2) is 3.07. The lowest BCUT2D eigenvalue weighted by atomic mass is 10.2. The van der Waals surface area contributed by atoms with Crippen molar-refractivity contribution in [3.63, 3.8) is 0 Å². The number of rotatable bonds is 1. The average Bonchev–Trinajstić information content (AvgIpc) is 2.03. The van der Waals surface area contributed by atoms with Crippen LogP contribution in [0.15, 0.2) is 12.1 Å². The Morgan fingerprint density at radius 1 is 1.55 bits per heavy atom. The molecule has 0 aliphatic rings. The van der Waals surface area contributed by atoms with Gasteiger partial charge in [-0.3, -0.25) is 0 Å². The molecule has 0 aliphatic heterocycles. The van der Waals surface area contributed by atoms with Gasteiger partial charge in [0, 0.05) is 6.07 Å². The molecule has 56 valence electrons. The minimum absolute atomic E-state index is 0.568. The number of methoxy groups -OCH3 is 1. The Hall–Kier alpha value is -1.49. The molecule has 11 heavy (non-hydrogen) atoms. The van der Waals surface area contributed by atoms with E-state index in [4.69, 9.17) is 11.2 Å². The Balaban J connectivity index is 3.15. The minimum atomic E-state index is 0.568. The summed E-state index contributed by atoms with van der Waals surface area (Å²) in [5.74, 6) is 3.02. The van der Waals surface area contributed by atoms with Crippen molar-refractivity contribution in [2.24, 2.45) is 0 Å². The molecule has 0 fully saturated rings. The molecule has 2 heteroatoms. The summed E-state index contributed by atoms with van der Waals surface area (Å²) in [6.45, 7) is 1.95. The van der Waals surface area contributed by atoms with E-state index in [0.29, 0.717) is 11.6 Å². The first-order valence-electron chi connectivity index (χ1n) is 3.25. The van der Waals surface area contributed by atoms with Gasteiger partial charge < -0.3 is 4.74 Å². The van der Waals surface area contributed by atoms with Gasteiger partial charge in [-0.1, -0.05) is 5.92 Å². The Morgan fingerprint density at radius 3 is 2.82 bits per heavy atom. The largest absolute Gasteiger partial charge is 0.481 e. The molecule has 1 heterocycles. The van der Waals surface area contributed by atoms with Crippen LogP contribution in [0.3, 0.4) is 0 Å². The van der Waals surface area contributed by atoms with E-state index in [1.165, 1.54) is 0 Å². The fraction of sp³-hybridized carbons (Fsp3) is 0.222. The summed E-state index contributed by atoms with van der Waals surface area (Å²) in [7, 11) is 1.57. The smallest absolute Gasteiger partial charge is 0.214 e. The topological polar surface area (TPSA) is 22.1 Å². The third-order valence-electron chi connectivity index (χ3n) is 1.30. The van der Waals surface area contributed by atoms with Crippen LogP contribution in [0.1, 0.15) is 11.3 Å². The SMILES string of the molecule is C#Cc1cc(C)cc(OC)n1. The maximum Gasteiger partial charge on any atom is 0.214 e. The molecule has 1 aromatic rings. The monoisotopic (exact) mass is 147 g/mol. The lowest BCUT2D eigenvalue weighted by Crippen LogP contribution is -1.91. The van der Waals surface area contributed by atoms with Gasteiger partial charge in [0.2, 0.25) is 5.88 Å². The second-order valence-corrected chi connectivity index (χ2v) is 2.22. The zero-order chi connectivity index (χ0) is 8.27. The number of aromatic nitrogens is 1. The lowest BCUT2D eigenvalue weighted by molar-refractivity contribution is 0.397. The van der Waals surface area contributed by atoms with Crippen molar-refractivity contribution in [2.45, 2.75) is 6.92 Å². The molecule has 0 radical (unpaired) electrons. The molecule has 0 bridgehead atoms. The normalized spacial score (nSPS) is 8.82. The summed E-state index contributed by atoms with van der Waals surface area (Å²) < 4.78 is 4.93. The molecule has 0 atom stereocenters. The zero-order valence-corrected chi connectivity index (χ0v) is 6.59. The molecule has 0 aromatic carbocycles. The van der Waals surface area contributed by atoms with E-state index in [1.54, 1.807) is 7.11 Å². The summed E-state index contributed by atoms with van der Waals surface area (Å²) in [5.41, 5.74) is 1.67. The van der Waals surface area contributed by atoms with Crippen LogP contribution in [0.4, 0.5) is 0 Å². The van der Waals surface area contributed by atoms with Gasteiger partial charge in [0.15, 0.2) is 0 Å². The average molecular weight is 147 g/mol. The third-order valence-corrected chi connectivity index (χ3v) is 1.30. The molecule has 0 saturated heterocycles. The Morgan fingerprint density at radius 2 is 2.27 bits per heavy atom. The van der Waals surface area contributed by atoms with Crippen LogP contribution in [0, 0.1) is 19.3 Å². The van der Waals surface area contributed by atoms with Gasteiger partial charge in [-0.25, -0.2) is 4.98 Å². The van der Waals surface area contributed by atoms with Gasteiger partial charge in [-0.05, 0) is 18.6 Å². The van der Waals surface area contributed by atoms with Crippen LogP contribution in [-0.4, -0.2) is 12.1 Å². The van der Waals surface area contributed by atoms with Crippen LogP contribution < -0.4 is 4.74 Å². The number of ether oxygens (including phenoxy) is 1. The molecule has 2 nitrogen and oxygen atoms in total. The highest BCUT2D eigenvalue weighted by molar-refractivity contribution is 5.32. The van der Waals surface area contributed by atoms with E-state index < -0.39 is 0 Å². The molecule has 0 aliphatic carbocycles. The van der Waals surface area contributed by atoms with Crippen LogP contribution in [0.25, 0.3) is 0 Å². The number of aryl methyl sites for hydroxylation is 1. The first-order valence-corrected chi connectivity index (χ1v) is 3.25. The number of hydrogen-bond acceptors (Lipinski definition) is 2. The fourth-order valence-electron chi connectivity index (χ4n) is 0.814. The highest BCUT2D eigenvalue weighted by Gasteiger charge is 1.96. The molecule has 0 unspecified atom stereocenters. The summed E-state index contributed by atoms with van der Waals surface area (Å²) >= 11 is 0.